The molecule has 2 fully saturated rings. The van der Waals surface area contributed by atoms with Gasteiger partial charge in [-0.05, 0) is 43.2 Å². The Morgan fingerprint density at radius 1 is 1.10 bits per heavy atom. The van der Waals surface area contributed by atoms with Gasteiger partial charge in [-0.25, -0.2) is 4.79 Å². The second-order valence-electron chi connectivity index (χ2n) is 7.50. The van der Waals surface area contributed by atoms with Crippen molar-refractivity contribution in [2.45, 2.75) is 37.6 Å². The van der Waals surface area contributed by atoms with Crippen LogP contribution in [0.25, 0.3) is 0 Å². The van der Waals surface area contributed by atoms with Crippen LogP contribution in [0.2, 0.25) is 5.02 Å². The number of fused-ring (bicyclic) bond motifs is 1. The minimum atomic E-state index is -0.906. The van der Waals surface area contributed by atoms with E-state index in [9.17, 15) is 24.0 Å². The second-order valence-corrected chi connectivity index (χ2v) is 9.04. The zero-order chi connectivity index (χ0) is 22.3. The lowest BCUT2D eigenvalue weighted by Gasteiger charge is -2.52. The highest BCUT2D eigenvalue weighted by Crippen LogP contribution is 2.43. The average Bonchev–Trinajstić information content (AvgIpc) is 2.74. The van der Waals surface area contributed by atoms with Crippen molar-refractivity contribution in [1.82, 2.24) is 9.80 Å². The van der Waals surface area contributed by atoms with Crippen molar-refractivity contribution in [2.24, 2.45) is 0 Å². The molecule has 10 heteroatoms. The lowest BCUT2D eigenvalue weighted by Crippen LogP contribution is -2.72. The zero-order valence-corrected chi connectivity index (χ0v) is 18.2. The number of Topliss-reactive ketones (excluding diaryl/α,β-unsaturated/α-hetero) is 1. The number of hydrogen-bond donors (Lipinski definition) is 0. The monoisotopic (exact) mass is 462 g/mol. The van der Waals surface area contributed by atoms with Crippen LogP contribution in [-0.4, -0.2) is 63.0 Å². The second kappa shape index (κ2) is 8.47. The molecule has 31 heavy (non-hydrogen) atoms. The maximum atomic E-state index is 12.9. The topological polar surface area (TPSA) is 101 Å². The van der Waals surface area contributed by atoms with Crippen LogP contribution < -0.4 is 0 Å². The third kappa shape index (κ3) is 3.87. The summed E-state index contributed by atoms with van der Waals surface area (Å²) in [5.41, 5.74) is 1.06. The van der Waals surface area contributed by atoms with E-state index >= 15 is 0 Å². The molecule has 3 aliphatic heterocycles. The van der Waals surface area contributed by atoms with Gasteiger partial charge in [0.15, 0.2) is 12.4 Å². The Bertz CT molecular complexity index is 1010. The number of piperidine rings is 1. The summed E-state index contributed by atoms with van der Waals surface area (Å²) in [5, 5.41) is -0.0479. The van der Waals surface area contributed by atoms with Gasteiger partial charge in [-0.2, -0.15) is 0 Å². The van der Waals surface area contributed by atoms with Crippen LogP contribution >= 0.6 is 23.4 Å². The fraction of sp³-hybridized carbons (Fsp3) is 0.381. The molecule has 8 nitrogen and oxygen atoms in total. The maximum Gasteiger partial charge on any atom is 0.355 e. The Balaban J connectivity index is 1.46. The highest BCUT2D eigenvalue weighted by atomic mass is 35.5. The molecule has 1 aromatic carbocycles. The normalized spacial score (nSPS) is 23.5. The van der Waals surface area contributed by atoms with Gasteiger partial charge in [0.1, 0.15) is 17.1 Å². The first-order valence-corrected chi connectivity index (χ1v) is 11.2. The number of hydrogen-bond acceptors (Lipinski definition) is 7. The van der Waals surface area contributed by atoms with Crippen LogP contribution in [-0.2, 0) is 23.9 Å². The predicted octanol–water partition coefficient (Wildman–Crippen LogP) is 2.16. The summed E-state index contributed by atoms with van der Waals surface area (Å²) in [4.78, 5) is 64.7. The predicted molar refractivity (Wildman–Crippen MR) is 112 cm³/mol. The van der Waals surface area contributed by atoms with Crippen molar-refractivity contribution in [1.29, 1.82) is 0 Å². The van der Waals surface area contributed by atoms with Crippen LogP contribution in [0.3, 0.4) is 0 Å². The molecule has 0 N–H and O–H groups in total. The summed E-state index contributed by atoms with van der Waals surface area (Å²) in [6.45, 7) is 1.22. The summed E-state index contributed by atoms with van der Waals surface area (Å²) >= 11 is 7.20. The van der Waals surface area contributed by atoms with Gasteiger partial charge in [-0.1, -0.05) is 11.6 Å². The number of β-lactam (4-membered cyclic amide) rings is 1. The standard InChI is InChI=1S/C21H19ClN2O6S/c1-11-10-31-20-18(23-15(26)3-2-4-16(23)27)19(28)24(20)17(11)21(29)30-9-14(25)12-5-7-13(22)8-6-12/h5-8,18,20H,2-4,9-10H2,1H3/t18?,20-/m0/s1. The molecule has 0 spiro atoms. The Kier molecular flexibility index (Phi) is 5.90. The van der Waals surface area contributed by atoms with E-state index < -0.39 is 35.7 Å². The SMILES string of the molecule is CC1=C(C(=O)OCC(=O)c2ccc(Cl)cc2)N2C(=O)C(N3C(=O)CCCC3=O)[C@@H]2SC1. The van der Waals surface area contributed by atoms with Crippen LogP contribution in [0.15, 0.2) is 35.5 Å². The van der Waals surface area contributed by atoms with Gasteiger partial charge in [0.05, 0.1) is 0 Å². The number of likely N-dealkylation sites (tertiary alicyclic amines) is 1. The Labute approximate surface area is 187 Å². The number of halogens is 1. The highest BCUT2D eigenvalue weighted by molar-refractivity contribution is 8.00. The molecule has 3 amide bonds. The molecule has 3 aliphatic rings. The molecule has 2 atom stereocenters. The van der Waals surface area contributed by atoms with Crippen molar-refractivity contribution < 1.29 is 28.7 Å². The molecule has 0 radical (unpaired) electrons. The Morgan fingerprint density at radius 3 is 2.39 bits per heavy atom. The number of nitrogens with zero attached hydrogens (tertiary/aromatic N) is 2. The van der Waals surface area contributed by atoms with E-state index in [-0.39, 0.29) is 30.4 Å². The van der Waals surface area contributed by atoms with E-state index in [1.165, 1.54) is 28.8 Å². The first kappa shape index (κ1) is 21.6. The van der Waals surface area contributed by atoms with Crippen molar-refractivity contribution in [2.75, 3.05) is 12.4 Å². The van der Waals surface area contributed by atoms with E-state index in [0.717, 1.165) is 4.90 Å². The van der Waals surface area contributed by atoms with Crippen molar-refractivity contribution in [3.05, 3.63) is 46.1 Å². The molecule has 0 aromatic heterocycles. The summed E-state index contributed by atoms with van der Waals surface area (Å²) in [6, 6.07) is 5.29. The largest absolute Gasteiger partial charge is 0.453 e. The van der Waals surface area contributed by atoms with Crippen LogP contribution in [0.1, 0.15) is 36.5 Å². The number of carbonyl (C=O) groups is 5. The molecule has 1 aromatic rings. The van der Waals surface area contributed by atoms with Crippen LogP contribution in [0.4, 0.5) is 0 Å². The number of ketones is 1. The number of benzene rings is 1. The Morgan fingerprint density at radius 2 is 1.74 bits per heavy atom. The minimum Gasteiger partial charge on any atom is -0.453 e. The molecule has 162 valence electrons. The molecule has 4 rings (SSSR count). The maximum absolute atomic E-state index is 12.9. The lowest BCUT2D eigenvalue weighted by atomic mass is 9.98. The molecular weight excluding hydrogens is 444 g/mol. The molecule has 2 saturated heterocycles. The number of imide groups is 1. The number of thioether (sulfide) groups is 1. The van der Waals surface area contributed by atoms with E-state index in [0.29, 0.717) is 28.3 Å². The number of carbonyl (C=O) groups excluding carboxylic acids is 5. The van der Waals surface area contributed by atoms with Crippen molar-refractivity contribution in [3.63, 3.8) is 0 Å². The third-order valence-electron chi connectivity index (χ3n) is 5.42. The van der Waals surface area contributed by atoms with Gasteiger partial charge in [-0.15, -0.1) is 11.8 Å². The van der Waals surface area contributed by atoms with Gasteiger partial charge in [-0.3, -0.25) is 29.0 Å². The molecule has 0 saturated carbocycles. The molecule has 1 unspecified atom stereocenters. The van der Waals surface area contributed by atoms with Crippen LogP contribution in [0.5, 0.6) is 0 Å². The van der Waals surface area contributed by atoms with E-state index in [4.69, 9.17) is 16.3 Å². The van der Waals surface area contributed by atoms with Gasteiger partial charge >= 0.3 is 5.97 Å². The number of amides is 3. The van der Waals surface area contributed by atoms with E-state index in [2.05, 4.69) is 0 Å². The molecule has 0 aliphatic carbocycles. The summed E-state index contributed by atoms with van der Waals surface area (Å²) in [5.74, 6) is -1.96. The quantitative estimate of drug-likeness (QED) is 0.286. The number of rotatable bonds is 5. The average molecular weight is 463 g/mol. The van der Waals surface area contributed by atoms with Crippen molar-refractivity contribution in [3.8, 4) is 0 Å². The summed E-state index contributed by atoms with van der Waals surface area (Å²) in [7, 11) is 0. The number of ether oxygens (including phenoxy) is 1. The lowest BCUT2D eigenvalue weighted by molar-refractivity contribution is -0.168. The van der Waals surface area contributed by atoms with Gasteiger partial charge in [0, 0.05) is 29.2 Å². The molecule has 0 bridgehead atoms. The third-order valence-corrected chi connectivity index (χ3v) is 7.08. The van der Waals surface area contributed by atoms with Gasteiger partial charge in [0.2, 0.25) is 11.8 Å². The number of esters is 1. The van der Waals surface area contributed by atoms with Crippen LogP contribution in [0, 0.1) is 0 Å². The fourth-order valence-corrected chi connectivity index (χ4v) is 5.31. The van der Waals surface area contributed by atoms with E-state index in [1.54, 1.807) is 19.1 Å². The van der Waals surface area contributed by atoms with Gasteiger partial charge < -0.3 is 4.74 Å². The zero-order valence-electron chi connectivity index (χ0n) is 16.6. The fourth-order valence-electron chi connectivity index (χ4n) is 3.85. The molecular formula is C21H19ClN2O6S. The Hall–Kier alpha value is -2.65. The summed E-state index contributed by atoms with van der Waals surface area (Å²) in [6.07, 6.45) is 0.932. The van der Waals surface area contributed by atoms with Gasteiger partial charge in [0.25, 0.3) is 5.91 Å². The smallest absolute Gasteiger partial charge is 0.355 e. The minimum absolute atomic E-state index is 0.0748. The summed E-state index contributed by atoms with van der Waals surface area (Å²) < 4.78 is 5.19. The highest BCUT2D eigenvalue weighted by Gasteiger charge is 2.58. The first-order chi connectivity index (χ1) is 14.8. The van der Waals surface area contributed by atoms with Crippen molar-refractivity contribution >= 4 is 52.8 Å². The molecule has 3 heterocycles. The first-order valence-electron chi connectivity index (χ1n) is 9.75. The van der Waals surface area contributed by atoms with E-state index in [1.807, 2.05) is 0 Å².